The van der Waals surface area contributed by atoms with Gasteiger partial charge in [0.15, 0.2) is 0 Å². The predicted octanol–water partition coefficient (Wildman–Crippen LogP) is 1.58. The van der Waals surface area contributed by atoms with Crippen molar-refractivity contribution in [3.63, 3.8) is 0 Å². The SMILES string of the molecule is COC(=O)C1COCN(c2ccccc2C)C1. The van der Waals surface area contributed by atoms with Crippen LogP contribution in [0.15, 0.2) is 24.3 Å². The molecule has 0 saturated carbocycles. The Bertz CT molecular complexity index is 405. The smallest absolute Gasteiger partial charge is 0.312 e. The van der Waals surface area contributed by atoms with E-state index in [1.165, 1.54) is 12.7 Å². The van der Waals surface area contributed by atoms with Gasteiger partial charge in [-0.05, 0) is 18.6 Å². The van der Waals surface area contributed by atoms with Crippen molar-refractivity contribution < 1.29 is 14.3 Å². The van der Waals surface area contributed by atoms with Gasteiger partial charge in [0, 0.05) is 12.2 Å². The number of ether oxygens (including phenoxy) is 2. The van der Waals surface area contributed by atoms with Crippen molar-refractivity contribution in [3.8, 4) is 0 Å². The summed E-state index contributed by atoms with van der Waals surface area (Å²) >= 11 is 0. The normalized spacial score (nSPS) is 20.1. The highest BCUT2D eigenvalue weighted by atomic mass is 16.5. The fraction of sp³-hybridized carbons (Fsp3) is 0.462. The van der Waals surface area contributed by atoms with Gasteiger partial charge >= 0.3 is 5.97 Å². The molecule has 4 nitrogen and oxygen atoms in total. The summed E-state index contributed by atoms with van der Waals surface area (Å²) in [6.07, 6.45) is 0. The molecular formula is C13H17NO3. The summed E-state index contributed by atoms with van der Waals surface area (Å²) in [6, 6.07) is 8.08. The van der Waals surface area contributed by atoms with Gasteiger partial charge in [-0.25, -0.2) is 0 Å². The lowest BCUT2D eigenvalue weighted by molar-refractivity contribution is -0.148. The molecule has 1 atom stereocenters. The van der Waals surface area contributed by atoms with Crippen LogP contribution >= 0.6 is 0 Å². The Labute approximate surface area is 101 Å². The van der Waals surface area contributed by atoms with Crippen LogP contribution in [0.3, 0.4) is 0 Å². The molecule has 1 saturated heterocycles. The summed E-state index contributed by atoms with van der Waals surface area (Å²) in [5, 5.41) is 0. The maximum absolute atomic E-state index is 11.5. The van der Waals surface area contributed by atoms with Gasteiger partial charge in [-0.2, -0.15) is 0 Å². The van der Waals surface area contributed by atoms with E-state index in [1.54, 1.807) is 0 Å². The van der Waals surface area contributed by atoms with Crippen LogP contribution in [0.25, 0.3) is 0 Å². The second-order valence-corrected chi connectivity index (χ2v) is 4.23. The van der Waals surface area contributed by atoms with Crippen LogP contribution < -0.4 is 4.90 Å². The molecule has 0 radical (unpaired) electrons. The van der Waals surface area contributed by atoms with E-state index in [0.717, 1.165) is 5.69 Å². The van der Waals surface area contributed by atoms with E-state index in [0.29, 0.717) is 19.9 Å². The van der Waals surface area contributed by atoms with E-state index >= 15 is 0 Å². The third kappa shape index (κ3) is 2.58. The van der Waals surface area contributed by atoms with Crippen molar-refractivity contribution in [2.75, 3.05) is 31.9 Å². The summed E-state index contributed by atoms with van der Waals surface area (Å²) in [6.45, 7) is 3.67. The lowest BCUT2D eigenvalue weighted by Crippen LogP contribution is -2.43. The molecule has 1 aliphatic heterocycles. The first-order valence-electron chi connectivity index (χ1n) is 5.68. The van der Waals surface area contributed by atoms with Crippen molar-refractivity contribution >= 4 is 11.7 Å². The van der Waals surface area contributed by atoms with E-state index in [9.17, 15) is 4.79 Å². The molecule has 1 aromatic rings. The second-order valence-electron chi connectivity index (χ2n) is 4.23. The maximum atomic E-state index is 11.5. The highest BCUT2D eigenvalue weighted by molar-refractivity contribution is 5.73. The Balaban J connectivity index is 2.12. The lowest BCUT2D eigenvalue weighted by atomic mass is 10.1. The average molecular weight is 235 g/mol. The molecule has 0 bridgehead atoms. The first-order valence-corrected chi connectivity index (χ1v) is 5.68. The third-order valence-electron chi connectivity index (χ3n) is 3.00. The first kappa shape index (κ1) is 11.9. The fourth-order valence-electron chi connectivity index (χ4n) is 2.07. The lowest BCUT2D eigenvalue weighted by Gasteiger charge is -2.33. The molecule has 0 amide bonds. The molecule has 4 heteroatoms. The van der Waals surface area contributed by atoms with E-state index < -0.39 is 0 Å². The summed E-state index contributed by atoms with van der Waals surface area (Å²) in [5.41, 5.74) is 2.29. The van der Waals surface area contributed by atoms with Gasteiger partial charge in [0.1, 0.15) is 6.73 Å². The van der Waals surface area contributed by atoms with Crippen LogP contribution in [-0.4, -0.2) is 33.0 Å². The van der Waals surface area contributed by atoms with Crippen LogP contribution in [0.1, 0.15) is 5.56 Å². The van der Waals surface area contributed by atoms with Gasteiger partial charge in [0.05, 0.1) is 19.6 Å². The zero-order valence-electron chi connectivity index (χ0n) is 10.2. The zero-order chi connectivity index (χ0) is 12.3. The third-order valence-corrected chi connectivity index (χ3v) is 3.00. The number of carbonyl (C=O) groups is 1. The highest BCUT2D eigenvalue weighted by Gasteiger charge is 2.27. The molecule has 0 aliphatic carbocycles. The van der Waals surface area contributed by atoms with Gasteiger partial charge < -0.3 is 14.4 Å². The molecule has 0 N–H and O–H groups in total. The number of aryl methyl sites for hydroxylation is 1. The molecule has 17 heavy (non-hydrogen) atoms. The molecule has 1 unspecified atom stereocenters. The molecule has 0 aromatic heterocycles. The van der Waals surface area contributed by atoms with Gasteiger partial charge in [0.25, 0.3) is 0 Å². The van der Waals surface area contributed by atoms with Crippen LogP contribution in [0.2, 0.25) is 0 Å². The number of para-hydroxylation sites is 1. The van der Waals surface area contributed by atoms with Crippen LogP contribution in [0, 0.1) is 12.8 Å². The zero-order valence-corrected chi connectivity index (χ0v) is 10.2. The first-order chi connectivity index (χ1) is 8.22. The van der Waals surface area contributed by atoms with Crippen molar-refractivity contribution in [2.24, 2.45) is 5.92 Å². The molecule has 92 valence electrons. The monoisotopic (exact) mass is 235 g/mol. The van der Waals surface area contributed by atoms with Crippen molar-refractivity contribution in [3.05, 3.63) is 29.8 Å². The Kier molecular flexibility index (Phi) is 3.64. The Morgan fingerprint density at radius 1 is 1.47 bits per heavy atom. The summed E-state index contributed by atoms with van der Waals surface area (Å²) in [5.74, 6) is -0.406. The number of rotatable bonds is 2. The Morgan fingerprint density at radius 2 is 2.24 bits per heavy atom. The van der Waals surface area contributed by atoms with Crippen molar-refractivity contribution in [1.82, 2.24) is 0 Å². The second kappa shape index (κ2) is 5.19. The van der Waals surface area contributed by atoms with E-state index in [2.05, 4.69) is 17.9 Å². The minimum Gasteiger partial charge on any atom is -0.469 e. The van der Waals surface area contributed by atoms with Gasteiger partial charge in [-0.3, -0.25) is 4.79 Å². The molecule has 1 fully saturated rings. The number of carbonyl (C=O) groups excluding carboxylic acids is 1. The number of anilines is 1. The van der Waals surface area contributed by atoms with Crippen molar-refractivity contribution in [2.45, 2.75) is 6.92 Å². The summed E-state index contributed by atoms with van der Waals surface area (Å²) in [4.78, 5) is 13.6. The quantitative estimate of drug-likeness (QED) is 0.729. The maximum Gasteiger partial charge on any atom is 0.312 e. The molecular weight excluding hydrogens is 218 g/mol. The standard InChI is InChI=1S/C13H17NO3/c1-10-5-3-4-6-12(10)14-7-11(8-17-9-14)13(15)16-2/h3-6,11H,7-9H2,1-2H3. The van der Waals surface area contributed by atoms with Crippen LogP contribution in [0.5, 0.6) is 0 Å². The Morgan fingerprint density at radius 3 is 2.94 bits per heavy atom. The average Bonchev–Trinajstić information content (AvgIpc) is 2.38. The topological polar surface area (TPSA) is 38.8 Å². The van der Waals surface area contributed by atoms with E-state index in [4.69, 9.17) is 9.47 Å². The minimum absolute atomic E-state index is 0.201. The minimum atomic E-state index is -0.205. The van der Waals surface area contributed by atoms with Gasteiger partial charge in [-0.1, -0.05) is 18.2 Å². The number of methoxy groups -OCH3 is 1. The molecule has 2 rings (SSSR count). The Hall–Kier alpha value is -1.55. The number of benzene rings is 1. The number of hydrogen-bond acceptors (Lipinski definition) is 4. The van der Waals surface area contributed by atoms with E-state index in [-0.39, 0.29) is 11.9 Å². The number of hydrogen-bond donors (Lipinski definition) is 0. The van der Waals surface area contributed by atoms with Crippen LogP contribution in [-0.2, 0) is 14.3 Å². The predicted molar refractivity (Wildman–Crippen MR) is 64.9 cm³/mol. The molecule has 1 heterocycles. The number of nitrogens with zero attached hydrogens (tertiary/aromatic N) is 1. The summed E-state index contributed by atoms with van der Waals surface area (Å²) < 4.78 is 10.2. The molecule has 0 spiro atoms. The number of esters is 1. The summed E-state index contributed by atoms with van der Waals surface area (Å²) in [7, 11) is 1.41. The van der Waals surface area contributed by atoms with E-state index in [1.807, 2.05) is 18.2 Å². The highest BCUT2D eigenvalue weighted by Crippen LogP contribution is 2.23. The van der Waals surface area contributed by atoms with Gasteiger partial charge in [0.2, 0.25) is 0 Å². The fourth-order valence-corrected chi connectivity index (χ4v) is 2.07. The van der Waals surface area contributed by atoms with Crippen LogP contribution in [0.4, 0.5) is 5.69 Å². The van der Waals surface area contributed by atoms with Gasteiger partial charge in [-0.15, -0.1) is 0 Å². The molecule has 1 aliphatic rings. The largest absolute Gasteiger partial charge is 0.469 e. The van der Waals surface area contributed by atoms with Crippen molar-refractivity contribution in [1.29, 1.82) is 0 Å². The molecule has 1 aromatic carbocycles.